The van der Waals surface area contributed by atoms with Crippen LogP contribution in [0.2, 0.25) is 0 Å². The Hall–Kier alpha value is -1.19. The molecule has 142 valence electrons. The van der Waals surface area contributed by atoms with E-state index in [1.807, 2.05) is 31.2 Å². The quantitative estimate of drug-likeness (QED) is 0.361. The minimum Gasteiger partial charge on any atom is -0.497 e. The molecule has 25 heavy (non-hydrogen) atoms. The molecule has 0 unspecified atom stereocenters. The van der Waals surface area contributed by atoms with Crippen LogP contribution in [0.3, 0.4) is 0 Å². The maximum atomic E-state index is 12.2. The first-order chi connectivity index (χ1) is 11.4. The van der Waals surface area contributed by atoms with Gasteiger partial charge in [0.05, 0.1) is 20.1 Å². The van der Waals surface area contributed by atoms with Crippen LogP contribution in [0.5, 0.6) is 5.75 Å². The number of ether oxygens (including phenoxy) is 1. The second-order valence-electron chi connectivity index (χ2n) is 6.00. The molecule has 0 atom stereocenters. The number of guanidine groups is 1. The maximum absolute atomic E-state index is 12.2. The number of nitrogens with one attached hydrogen (secondary N) is 2. The summed E-state index contributed by atoms with van der Waals surface area (Å²) in [5, 5.41) is 5.74. The third-order valence-electron chi connectivity index (χ3n) is 4.14. The molecule has 0 aliphatic heterocycles. The minimum atomic E-state index is -4.16. The summed E-state index contributed by atoms with van der Waals surface area (Å²) in [7, 11) is 1.63. The highest BCUT2D eigenvalue weighted by Gasteiger charge is 2.44. The normalized spacial score (nSPS) is 16.0. The zero-order chi connectivity index (χ0) is 17.6. The molecule has 2 N–H and O–H groups in total. The second kappa shape index (κ2) is 9.49. The molecule has 1 saturated carbocycles. The van der Waals surface area contributed by atoms with E-state index in [4.69, 9.17) is 4.74 Å². The number of aliphatic imine (C=N–C) groups is 1. The second-order valence-corrected chi connectivity index (χ2v) is 6.00. The molecular formula is C17H25F3IN3O. The van der Waals surface area contributed by atoms with Crippen LogP contribution in [0.25, 0.3) is 0 Å². The number of nitrogens with zero attached hydrogens (tertiary/aromatic N) is 1. The highest BCUT2D eigenvalue weighted by Crippen LogP contribution is 2.48. The van der Waals surface area contributed by atoms with Crippen LogP contribution in [0, 0.1) is 0 Å². The predicted molar refractivity (Wildman–Crippen MR) is 104 cm³/mol. The molecule has 0 amide bonds. The third kappa shape index (κ3) is 6.91. The zero-order valence-corrected chi connectivity index (χ0v) is 16.8. The molecule has 1 fully saturated rings. The molecular weight excluding hydrogens is 446 g/mol. The van der Waals surface area contributed by atoms with Gasteiger partial charge in [0.15, 0.2) is 5.96 Å². The standard InChI is InChI=1S/C17H24F3N3O.HI/c1-3-21-15(22-11-10-17(18,19)20)23-12-16(8-9-16)13-4-6-14(24-2)7-5-13;/h4-7H,3,8-12H2,1-2H3,(H2,21,22,23);1H. The number of benzene rings is 1. The van der Waals surface area contributed by atoms with E-state index in [0.29, 0.717) is 19.0 Å². The van der Waals surface area contributed by atoms with Crippen LogP contribution in [0.15, 0.2) is 29.3 Å². The summed E-state index contributed by atoms with van der Waals surface area (Å²) in [4.78, 5) is 4.48. The van der Waals surface area contributed by atoms with E-state index in [-0.39, 0.29) is 35.9 Å². The van der Waals surface area contributed by atoms with E-state index >= 15 is 0 Å². The van der Waals surface area contributed by atoms with Gasteiger partial charge in [0.2, 0.25) is 0 Å². The Morgan fingerprint density at radius 3 is 2.32 bits per heavy atom. The van der Waals surface area contributed by atoms with Crippen LogP contribution in [0.4, 0.5) is 13.2 Å². The van der Waals surface area contributed by atoms with Crippen molar-refractivity contribution in [3.05, 3.63) is 29.8 Å². The first-order valence-corrected chi connectivity index (χ1v) is 8.12. The molecule has 0 saturated heterocycles. The Morgan fingerprint density at radius 1 is 1.20 bits per heavy atom. The molecule has 1 aliphatic carbocycles. The fraction of sp³-hybridized carbons (Fsp3) is 0.588. The molecule has 0 aromatic heterocycles. The van der Waals surface area contributed by atoms with E-state index in [1.54, 1.807) is 7.11 Å². The molecule has 1 aromatic carbocycles. The topological polar surface area (TPSA) is 45.7 Å². The Kier molecular flexibility index (Phi) is 8.30. The van der Waals surface area contributed by atoms with Crippen LogP contribution in [0.1, 0.15) is 31.7 Å². The highest BCUT2D eigenvalue weighted by atomic mass is 127. The first-order valence-electron chi connectivity index (χ1n) is 8.12. The van der Waals surface area contributed by atoms with E-state index < -0.39 is 12.6 Å². The van der Waals surface area contributed by atoms with E-state index in [0.717, 1.165) is 18.6 Å². The molecule has 1 aliphatic rings. The lowest BCUT2D eigenvalue weighted by molar-refractivity contribution is -0.132. The molecule has 0 radical (unpaired) electrons. The number of alkyl halides is 3. The van der Waals surface area contributed by atoms with Crippen molar-refractivity contribution in [3.63, 3.8) is 0 Å². The van der Waals surface area contributed by atoms with Crippen molar-refractivity contribution in [2.45, 2.75) is 37.8 Å². The number of hydrogen-bond acceptors (Lipinski definition) is 2. The van der Waals surface area contributed by atoms with Crippen molar-refractivity contribution in [1.29, 1.82) is 0 Å². The van der Waals surface area contributed by atoms with Crippen LogP contribution in [-0.4, -0.2) is 38.9 Å². The molecule has 0 heterocycles. The minimum absolute atomic E-state index is 0. The SMILES string of the molecule is CCNC(=NCC1(c2ccc(OC)cc2)CC1)NCCC(F)(F)F.I. The lowest BCUT2D eigenvalue weighted by Crippen LogP contribution is -2.39. The smallest absolute Gasteiger partial charge is 0.390 e. The number of hydrogen-bond donors (Lipinski definition) is 2. The van der Waals surface area contributed by atoms with Gasteiger partial charge in [-0.25, -0.2) is 0 Å². The number of rotatable bonds is 7. The molecule has 2 rings (SSSR count). The van der Waals surface area contributed by atoms with Crippen molar-refractivity contribution in [1.82, 2.24) is 10.6 Å². The first kappa shape index (κ1) is 21.9. The fourth-order valence-corrected chi connectivity index (χ4v) is 2.53. The molecule has 8 heteroatoms. The van der Waals surface area contributed by atoms with Gasteiger partial charge in [-0.1, -0.05) is 12.1 Å². The van der Waals surface area contributed by atoms with Gasteiger partial charge in [-0.2, -0.15) is 13.2 Å². The summed E-state index contributed by atoms with van der Waals surface area (Å²) < 4.78 is 41.9. The Bertz CT molecular complexity index is 557. The van der Waals surface area contributed by atoms with Crippen molar-refractivity contribution in [2.24, 2.45) is 4.99 Å². The Labute approximate surface area is 163 Å². The lowest BCUT2D eigenvalue weighted by atomic mass is 9.96. The molecule has 0 spiro atoms. The van der Waals surface area contributed by atoms with Crippen molar-refractivity contribution < 1.29 is 17.9 Å². The molecule has 0 bridgehead atoms. The average molecular weight is 471 g/mol. The number of halogens is 4. The monoisotopic (exact) mass is 471 g/mol. The van der Waals surface area contributed by atoms with Crippen LogP contribution >= 0.6 is 24.0 Å². The summed E-state index contributed by atoms with van der Waals surface area (Å²) in [5.74, 6) is 1.24. The summed E-state index contributed by atoms with van der Waals surface area (Å²) in [6.45, 7) is 2.87. The predicted octanol–water partition coefficient (Wildman–Crippen LogP) is 3.85. The van der Waals surface area contributed by atoms with Gasteiger partial charge >= 0.3 is 6.18 Å². The van der Waals surface area contributed by atoms with Gasteiger partial charge in [0.25, 0.3) is 0 Å². The van der Waals surface area contributed by atoms with E-state index in [1.165, 1.54) is 5.56 Å². The Balaban J connectivity index is 0.00000312. The van der Waals surface area contributed by atoms with Gasteiger partial charge in [-0.15, -0.1) is 24.0 Å². The molecule has 1 aromatic rings. The van der Waals surface area contributed by atoms with Crippen molar-refractivity contribution in [3.8, 4) is 5.75 Å². The number of methoxy groups -OCH3 is 1. The highest BCUT2D eigenvalue weighted by molar-refractivity contribution is 14.0. The van der Waals surface area contributed by atoms with Crippen molar-refractivity contribution >= 4 is 29.9 Å². The lowest BCUT2D eigenvalue weighted by Gasteiger charge is -2.16. The van der Waals surface area contributed by atoms with E-state index in [2.05, 4.69) is 15.6 Å². The summed E-state index contributed by atoms with van der Waals surface area (Å²) in [6.07, 6.45) is -2.97. The van der Waals surface area contributed by atoms with Crippen LogP contribution in [-0.2, 0) is 5.41 Å². The van der Waals surface area contributed by atoms with Crippen molar-refractivity contribution in [2.75, 3.05) is 26.7 Å². The fourth-order valence-electron chi connectivity index (χ4n) is 2.53. The van der Waals surface area contributed by atoms with E-state index in [9.17, 15) is 13.2 Å². The van der Waals surface area contributed by atoms with Gasteiger partial charge in [0.1, 0.15) is 5.75 Å². The summed E-state index contributed by atoms with van der Waals surface area (Å²) in [6, 6.07) is 7.91. The summed E-state index contributed by atoms with van der Waals surface area (Å²) in [5.41, 5.74) is 1.19. The summed E-state index contributed by atoms with van der Waals surface area (Å²) >= 11 is 0. The van der Waals surface area contributed by atoms with Gasteiger partial charge < -0.3 is 15.4 Å². The zero-order valence-electron chi connectivity index (χ0n) is 14.4. The van der Waals surface area contributed by atoms with Gasteiger partial charge in [-0.05, 0) is 37.5 Å². The third-order valence-corrected chi connectivity index (χ3v) is 4.14. The Morgan fingerprint density at radius 2 is 1.84 bits per heavy atom. The van der Waals surface area contributed by atoms with Gasteiger partial charge in [0, 0.05) is 18.5 Å². The average Bonchev–Trinajstić information content (AvgIpc) is 3.33. The van der Waals surface area contributed by atoms with Crippen LogP contribution < -0.4 is 15.4 Å². The molecule has 4 nitrogen and oxygen atoms in total. The maximum Gasteiger partial charge on any atom is 0.390 e. The largest absolute Gasteiger partial charge is 0.497 e. The van der Waals surface area contributed by atoms with Gasteiger partial charge in [-0.3, -0.25) is 4.99 Å².